The highest BCUT2D eigenvalue weighted by molar-refractivity contribution is 5.99. The van der Waals surface area contributed by atoms with Gasteiger partial charge in [-0.15, -0.1) is 0 Å². The number of fused-ring (bicyclic) bond motifs is 1. The fraction of sp³-hybridized carbons (Fsp3) is 0.435. The van der Waals surface area contributed by atoms with Crippen LogP contribution in [0.25, 0.3) is 0 Å². The number of halogens is 2. The van der Waals surface area contributed by atoms with Crippen LogP contribution in [0.2, 0.25) is 0 Å². The number of amides is 2. The smallest absolute Gasteiger partial charge is 0.275 e. The average molecular weight is 463 g/mol. The highest BCUT2D eigenvalue weighted by Gasteiger charge is 2.36. The fourth-order valence-corrected chi connectivity index (χ4v) is 3.92. The number of nitrogens with zero attached hydrogens (tertiary/aromatic N) is 2. The van der Waals surface area contributed by atoms with E-state index in [9.17, 15) is 28.3 Å². The molecule has 0 aliphatic carbocycles. The number of rotatable bonds is 8. The van der Waals surface area contributed by atoms with Crippen molar-refractivity contribution in [3.8, 4) is 5.75 Å². The number of ether oxygens (including phenoxy) is 1. The molecule has 178 valence electrons. The van der Waals surface area contributed by atoms with Crippen LogP contribution in [0.1, 0.15) is 53.6 Å². The Balaban J connectivity index is 1.84. The van der Waals surface area contributed by atoms with Crippen molar-refractivity contribution in [3.63, 3.8) is 0 Å². The normalized spacial score (nSPS) is 16.5. The van der Waals surface area contributed by atoms with E-state index < -0.39 is 34.6 Å². The molecule has 2 amide bonds. The lowest BCUT2D eigenvalue weighted by atomic mass is 10.1. The van der Waals surface area contributed by atoms with Crippen LogP contribution in [0.5, 0.6) is 5.75 Å². The van der Waals surface area contributed by atoms with Crippen LogP contribution in [-0.2, 0) is 17.8 Å². The molecular formula is C23H27F2N3O5. The summed E-state index contributed by atoms with van der Waals surface area (Å²) in [7, 11) is 0. The van der Waals surface area contributed by atoms with Crippen molar-refractivity contribution in [2.24, 2.45) is 0 Å². The third-order valence-corrected chi connectivity index (χ3v) is 5.51. The summed E-state index contributed by atoms with van der Waals surface area (Å²) in [6.07, 6.45) is 2.06. The van der Waals surface area contributed by atoms with E-state index >= 15 is 0 Å². The first-order chi connectivity index (χ1) is 15.6. The van der Waals surface area contributed by atoms with E-state index in [0.717, 1.165) is 12.5 Å². The van der Waals surface area contributed by atoms with Crippen molar-refractivity contribution in [1.82, 2.24) is 14.8 Å². The first-order valence-corrected chi connectivity index (χ1v) is 10.7. The van der Waals surface area contributed by atoms with Gasteiger partial charge in [0.25, 0.3) is 11.8 Å². The number of aromatic hydroxyl groups is 1. The molecule has 2 heterocycles. The van der Waals surface area contributed by atoms with Crippen molar-refractivity contribution < 1.29 is 28.2 Å². The molecule has 1 aromatic carbocycles. The van der Waals surface area contributed by atoms with Crippen LogP contribution in [0.15, 0.2) is 29.2 Å². The first-order valence-electron chi connectivity index (χ1n) is 10.7. The van der Waals surface area contributed by atoms with Crippen molar-refractivity contribution in [1.29, 1.82) is 0 Å². The minimum Gasteiger partial charge on any atom is -0.503 e. The van der Waals surface area contributed by atoms with Gasteiger partial charge in [0.05, 0.1) is 12.6 Å². The Labute approximate surface area is 189 Å². The molecule has 1 aromatic heterocycles. The average Bonchev–Trinajstić information content (AvgIpc) is 2.75. The third kappa shape index (κ3) is 5.05. The molecule has 2 atom stereocenters. The van der Waals surface area contributed by atoms with Gasteiger partial charge in [-0.3, -0.25) is 14.4 Å². The summed E-state index contributed by atoms with van der Waals surface area (Å²) >= 11 is 0. The molecule has 33 heavy (non-hydrogen) atoms. The van der Waals surface area contributed by atoms with Crippen LogP contribution in [-0.4, -0.2) is 51.7 Å². The zero-order valence-electron chi connectivity index (χ0n) is 18.7. The SMILES string of the molecule is CCCOC[C@@H](C)N1C(=O)c2c(O)c(=O)c(C(=O)NCc3ccc(F)cc3F)cn2C[C@@H]1C. The summed E-state index contributed by atoms with van der Waals surface area (Å²) in [5.41, 5.74) is -1.55. The maximum absolute atomic E-state index is 13.8. The molecule has 0 bridgehead atoms. The molecule has 0 saturated heterocycles. The van der Waals surface area contributed by atoms with E-state index in [0.29, 0.717) is 19.3 Å². The number of aromatic nitrogens is 1. The van der Waals surface area contributed by atoms with Crippen LogP contribution in [0, 0.1) is 11.6 Å². The molecule has 0 spiro atoms. The fourth-order valence-electron chi connectivity index (χ4n) is 3.92. The van der Waals surface area contributed by atoms with Crippen LogP contribution in [0.3, 0.4) is 0 Å². The van der Waals surface area contributed by atoms with Gasteiger partial charge in [0, 0.05) is 43.6 Å². The second kappa shape index (κ2) is 10.1. The lowest BCUT2D eigenvalue weighted by Crippen LogP contribution is -2.53. The molecule has 8 nitrogen and oxygen atoms in total. The van der Waals surface area contributed by atoms with E-state index in [1.54, 1.807) is 4.90 Å². The molecule has 1 aliphatic rings. The Morgan fingerprint density at radius 2 is 2.06 bits per heavy atom. The zero-order valence-corrected chi connectivity index (χ0v) is 18.7. The van der Waals surface area contributed by atoms with Gasteiger partial charge < -0.3 is 24.6 Å². The van der Waals surface area contributed by atoms with Gasteiger partial charge >= 0.3 is 0 Å². The van der Waals surface area contributed by atoms with Crippen molar-refractivity contribution in [2.45, 2.75) is 52.4 Å². The lowest BCUT2D eigenvalue weighted by Gasteiger charge is -2.39. The Morgan fingerprint density at radius 1 is 1.33 bits per heavy atom. The number of benzene rings is 1. The molecule has 1 aliphatic heterocycles. The zero-order chi connectivity index (χ0) is 24.3. The van der Waals surface area contributed by atoms with Crippen LogP contribution in [0.4, 0.5) is 8.78 Å². The maximum atomic E-state index is 13.8. The Bertz CT molecular complexity index is 1120. The number of pyridine rings is 1. The van der Waals surface area contributed by atoms with E-state index in [-0.39, 0.29) is 42.0 Å². The minimum atomic E-state index is -1.00. The van der Waals surface area contributed by atoms with Gasteiger partial charge in [-0.25, -0.2) is 8.78 Å². The lowest BCUT2D eigenvalue weighted by molar-refractivity contribution is 0.0268. The van der Waals surface area contributed by atoms with Crippen molar-refractivity contribution in [3.05, 3.63) is 63.1 Å². The highest BCUT2D eigenvalue weighted by atomic mass is 19.1. The standard InChI is InChI=1S/C23H27F2N3O5/c1-4-7-33-12-14(3)28-13(2)10-27-11-17(20(29)21(30)19(27)23(28)32)22(31)26-9-15-5-6-16(24)8-18(15)25/h5-6,8,11,13-14,30H,4,7,9-10,12H2,1-3H3,(H,26,31)/t13-,14+/m0/s1. The number of carbonyl (C=O) groups is 2. The molecule has 2 N–H and O–H groups in total. The Kier molecular flexibility index (Phi) is 7.47. The highest BCUT2D eigenvalue weighted by Crippen LogP contribution is 2.25. The summed E-state index contributed by atoms with van der Waals surface area (Å²) in [6.45, 7) is 6.46. The monoisotopic (exact) mass is 463 g/mol. The minimum absolute atomic E-state index is 0.0331. The summed E-state index contributed by atoms with van der Waals surface area (Å²) in [6, 6.07) is 2.36. The summed E-state index contributed by atoms with van der Waals surface area (Å²) < 4.78 is 33.8. The quantitative estimate of drug-likeness (QED) is 0.586. The third-order valence-electron chi connectivity index (χ3n) is 5.51. The number of hydrogen-bond acceptors (Lipinski definition) is 5. The number of hydrogen-bond donors (Lipinski definition) is 2. The molecule has 10 heteroatoms. The van der Waals surface area contributed by atoms with Crippen molar-refractivity contribution in [2.75, 3.05) is 13.2 Å². The number of nitrogens with one attached hydrogen (secondary N) is 1. The van der Waals surface area contributed by atoms with Gasteiger partial charge in [-0.05, 0) is 26.3 Å². The van der Waals surface area contributed by atoms with Crippen LogP contribution >= 0.6 is 0 Å². The molecule has 0 fully saturated rings. The van der Waals surface area contributed by atoms with Gasteiger partial charge in [0.2, 0.25) is 5.43 Å². The topological polar surface area (TPSA) is 101 Å². The molecule has 2 aromatic rings. The summed E-state index contributed by atoms with van der Waals surface area (Å²) in [4.78, 5) is 39.9. The maximum Gasteiger partial charge on any atom is 0.275 e. The van der Waals surface area contributed by atoms with Crippen molar-refractivity contribution >= 4 is 11.8 Å². The molecule has 0 saturated carbocycles. The molecule has 0 unspecified atom stereocenters. The molecule has 3 rings (SSSR count). The van der Waals surface area contributed by atoms with Gasteiger partial charge in [-0.2, -0.15) is 0 Å². The van der Waals surface area contributed by atoms with E-state index in [1.807, 2.05) is 20.8 Å². The summed E-state index contributed by atoms with van der Waals surface area (Å²) in [5, 5.41) is 12.9. The summed E-state index contributed by atoms with van der Waals surface area (Å²) in [5.74, 6) is -3.79. The van der Waals surface area contributed by atoms with E-state index in [1.165, 1.54) is 16.8 Å². The molecular weight excluding hydrogens is 436 g/mol. The Morgan fingerprint density at radius 3 is 2.73 bits per heavy atom. The Hall–Kier alpha value is -3.27. The van der Waals surface area contributed by atoms with Gasteiger partial charge in [-0.1, -0.05) is 13.0 Å². The predicted octanol–water partition coefficient (Wildman–Crippen LogP) is 2.42. The van der Waals surface area contributed by atoms with Gasteiger partial charge in [0.1, 0.15) is 17.2 Å². The molecule has 0 radical (unpaired) electrons. The first kappa shape index (κ1) is 24.4. The predicted molar refractivity (Wildman–Crippen MR) is 116 cm³/mol. The second-order valence-corrected chi connectivity index (χ2v) is 8.13. The number of carbonyl (C=O) groups excluding carboxylic acids is 2. The van der Waals surface area contributed by atoms with E-state index in [2.05, 4.69) is 5.32 Å². The largest absolute Gasteiger partial charge is 0.503 e. The van der Waals surface area contributed by atoms with E-state index in [4.69, 9.17) is 4.74 Å². The van der Waals surface area contributed by atoms with Gasteiger partial charge in [0.15, 0.2) is 11.4 Å². The second-order valence-electron chi connectivity index (χ2n) is 8.13. The van der Waals surface area contributed by atoms with Crippen LogP contribution < -0.4 is 10.7 Å².